The van der Waals surface area contributed by atoms with Crippen LogP contribution in [0.1, 0.15) is 17.5 Å². The van der Waals surface area contributed by atoms with Gasteiger partial charge in [-0.25, -0.2) is 0 Å². The van der Waals surface area contributed by atoms with Crippen molar-refractivity contribution in [3.05, 3.63) is 58.6 Å². The Morgan fingerprint density at radius 3 is 2.77 bits per heavy atom. The number of anilines is 1. The zero-order valence-corrected chi connectivity index (χ0v) is 17.8. The Balaban J connectivity index is 2.00. The van der Waals surface area contributed by atoms with Crippen LogP contribution in [0.2, 0.25) is 5.02 Å². The molecule has 2 aromatic rings. The lowest BCUT2D eigenvalue weighted by Gasteiger charge is -2.41. The molecular weight excluding hydrogens is 406 g/mol. The molecule has 2 amide bonds. The van der Waals surface area contributed by atoms with Crippen LogP contribution in [0.5, 0.6) is 5.75 Å². The number of β-amino-alcohol motifs (C(OH)–C–C–N with tert-alkyl or cyclic N) is 1. The normalized spacial score (nSPS) is 25.7. The zero-order valence-electron chi connectivity index (χ0n) is 17.1. The highest BCUT2D eigenvalue weighted by Crippen LogP contribution is 2.49. The maximum absolute atomic E-state index is 13.7. The monoisotopic (exact) mass is 429 g/mol. The number of carbonyl (C=O) groups is 2. The zero-order chi connectivity index (χ0) is 21.6. The molecule has 7 nitrogen and oxygen atoms in total. The number of rotatable bonds is 4. The van der Waals surface area contributed by atoms with E-state index in [9.17, 15) is 14.7 Å². The molecule has 0 aliphatic carbocycles. The van der Waals surface area contributed by atoms with Gasteiger partial charge in [0.05, 0.1) is 19.3 Å². The molecule has 1 unspecified atom stereocenters. The number of fused-ring (bicyclic) bond motifs is 1. The fourth-order valence-corrected chi connectivity index (χ4v) is 4.73. The molecule has 8 heteroatoms. The number of halogens is 1. The first-order chi connectivity index (χ1) is 14.3. The highest BCUT2D eigenvalue weighted by atomic mass is 35.5. The summed E-state index contributed by atoms with van der Waals surface area (Å²) in [7, 11) is 4.90. The topological polar surface area (TPSA) is 82.1 Å². The van der Waals surface area contributed by atoms with Crippen molar-refractivity contribution in [3.8, 4) is 5.75 Å². The van der Waals surface area contributed by atoms with Gasteiger partial charge >= 0.3 is 0 Å². The van der Waals surface area contributed by atoms with Gasteiger partial charge in [0.15, 0.2) is 5.54 Å². The summed E-state index contributed by atoms with van der Waals surface area (Å²) in [5.41, 5.74) is 0.595. The Bertz CT molecular complexity index is 1010. The predicted molar refractivity (Wildman–Crippen MR) is 114 cm³/mol. The van der Waals surface area contributed by atoms with E-state index in [1.165, 1.54) is 4.90 Å². The molecule has 1 saturated heterocycles. The molecule has 2 aliphatic heterocycles. The van der Waals surface area contributed by atoms with Gasteiger partial charge in [0.2, 0.25) is 5.91 Å². The SMILES string of the molecule is COc1cccc(C2(N3C[C@H](O)C[C@H]3C(=O)N(C)C)C(=O)Nc3ccc(Cl)cc32)c1. The highest BCUT2D eigenvalue weighted by Gasteiger charge is 2.58. The second-order valence-electron chi connectivity index (χ2n) is 7.88. The molecule has 2 aromatic carbocycles. The maximum atomic E-state index is 13.7. The number of amides is 2. The lowest BCUT2D eigenvalue weighted by molar-refractivity contribution is -0.138. The van der Waals surface area contributed by atoms with E-state index in [2.05, 4.69) is 5.32 Å². The van der Waals surface area contributed by atoms with Crippen molar-refractivity contribution in [2.75, 3.05) is 33.1 Å². The number of likely N-dealkylation sites (N-methyl/N-ethyl adjacent to an activating group) is 1. The van der Waals surface area contributed by atoms with Gasteiger partial charge in [-0.1, -0.05) is 23.7 Å². The van der Waals surface area contributed by atoms with Gasteiger partial charge in [0, 0.05) is 36.9 Å². The number of nitrogens with zero attached hydrogens (tertiary/aromatic N) is 2. The van der Waals surface area contributed by atoms with Crippen LogP contribution < -0.4 is 10.1 Å². The van der Waals surface area contributed by atoms with E-state index in [0.29, 0.717) is 27.6 Å². The third kappa shape index (κ3) is 3.05. The van der Waals surface area contributed by atoms with Crippen LogP contribution in [0, 0.1) is 0 Å². The lowest BCUT2D eigenvalue weighted by atomic mass is 9.81. The molecule has 2 heterocycles. The Hall–Kier alpha value is -2.61. The quantitative estimate of drug-likeness (QED) is 0.777. The number of methoxy groups -OCH3 is 1. The second kappa shape index (κ2) is 7.58. The van der Waals surface area contributed by atoms with Gasteiger partial charge in [-0.2, -0.15) is 0 Å². The Labute approximate surface area is 180 Å². The van der Waals surface area contributed by atoms with E-state index in [1.54, 1.807) is 62.5 Å². The molecule has 2 aliphatic rings. The van der Waals surface area contributed by atoms with Gasteiger partial charge in [0.25, 0.3) is 5.91 Å². The van der Waals surface area contributed by atoms with Crippen LogP contribution in [-0.2, 0) is 15.1 Å². The van der Waals surface area contributed by atoms with Crippen molar-refractivity contribution in [2.45, 2.75) is 24.1 Å². The summed E-state index contributed by atoms with van der Waals surface area (Å²) in [5, 5.41) is 13.9. The van der Waals surface area contributed by atoms with Crippen LogP contribution in [0.25, 0.3) is 0 Å². The van der Waals surface area contributed by atoms with Gasteiger partial charge in [0.1, 0.15) is 5.75 Å². The molecule has 3 atom stereocenters. The summed E-state index contributed by atoms with van der Waals surface area (Å²) in [5.74, 6) is 0.126. The molecule has 0 aromatic heterocycles. The van der Waals surface area contributed by atoms with E-state index in [-0.39, 0.29) is 24.8 Å². The van der Waals surface area contributed by atoms with Gasteiger partial charge in [-0.05, 0) is 42.3 Å². The lowest BCUT2D eigenvalue weighted by Crippen LogP contribution is -2.57. The first kappa shape index (κ1) is 20.7. The summed E-state index contributed by atoms with van der Waals surface area (Å²) in [6.45, 7) is 0.167. The largest absolute Gasteiger partial charge is 0.497 e. The van der Waals surface area contributed by atoms with Crippen LogP contribution in [0.3, 0.4) is 0 Å². The molecule has 0 saturated carbocycles. The molecular formula is C22H24ClN3O4. The molecule has 2 N–H and O–H groups in total. The van der Waals surface area contributed by atoms with E-state index in [1.807, 2.05) is 6.07 Å². The Morgan fingerprint density at radius 2 is 2.07 bits per heavy atom. The van der Waals surface area contributed by atoms with Crippen LogP contribution in [0.4, 0.5) is 5.69 Å². The van der Waals surface area contributed by atoms with E-state index >= 15 is 0 Å². The van der Waals surface area contributed by atoms with Gasteiger partial charge < -0.3 is 20.1 Å². The van der Waals surface area contributed by atoms with Crippen molar-refractivity contribution in [1.29, 1.82) is 0 Å². The van der Waals surface area contributed by atoms with Gasteiger partial charge in [-0.15, -0.1) is 0 Å². The Kier molecular flexibility index (Phi) is 5.22. The van der Waals surface area contributed by atoms with Crippen molar-refractivity contribution < 1.29 is 19.4 Å². The molecule has 4 rings (SSSR count). The van der Waals surface area contributed by atoms with Crippen molar-refractivity contribution in [3.63, 3.8) is 0 Å². The first-order valence-electron chi connectivity index (χ1n) is 9.71. The molecule has 30 heavy (non-hydrogen) atoms. The molecule has 0 bridgehead atoms. The average Bonchev–Trinajstić information content (AvgIpc) is 3.24. The third-order valence-electron chi connectivity index (χ3n) is 5.87. The Morgan fingerprint density at radius 1 is 1.30 bits per heavy atom. The average molecular weight is 430 g/mol. The van der Waals surface area contributed by atoms with Crippen LogP contribution in [-0.4, -0.2) is 66.6 Å². The van der Waals surface area contributed by atoms with E-state index in [4.69, 9.17) is 16.3 Å². The standard InChI is InChI=1S/C22H24ClN3O4/c1-25(2)20(28)19-11-15(27)12-26(19)22(13-5-4-6-16(9-13)30-3)17-10-14(23)7-8-18(17)24-21(22)29/h4-10,15,19,27H,11-12H2,1-3H3,(H,24,29)/t15-,19+,22?/m1/s1. The van der Waals surface area contributed by atoms with E-state index < -0.39 is 17.7 Å². The van der Waals surface area contributed by atoms with Crippen LogP contribution >= 0.6 is 11.6 Å². The summed E-state index contributed by atoms with van der Waals surface area (Å²) < 4.78 is 5.40. The minimum Gasteiger partial charge on any atom is -0.497 e. The maximum Gasteiger partial charge on any atom is 0.254 e. The number of carbonyl (C=O) groups excluding carboxylic acids is 2. The summed E-state index contributed by atoms with van der Waals surface area (Å²) in [6.07, 6.45) is -0.497. The van der Waals surface area contributed by atoms with Crippen molar-refractivity contribution in [2.24, 2.45) is 0 Å². The number of benzene rings is 2. The third-order valence-corrected chi connectivity index (χ3v) is 6.11. The predicted octanol–water partition coefficient (Wildman–Crippen LogP) is 2.07. The van der Waals surface area contributed by atoms with Gasteiger partial charge in [-0.3, -0.25) is 14.5 Å². The first-order valence-corrected chi connectivity index (χ1v) is 10.1. The fraction of sp³-hybridized carbons (Fsp3) is 0.364. The number of hydrogen-bond donors (Lipinski definition) is 2. The number of likely N-dealkylation sites (tertiary alicyclic amines) is 1. The highest BCUT2D eigenvalue weighted by molar-refractivity contribution is 6.31. The summed E-state index contributed by atoms with van der Waals surface area (Å²) >= 11 is 6.32. The fourth-order valence-electron chi connectivity index (χ4n) is 4.56. The molecule has 158 valence electrons. The number of aliphatic hydroxyl groups excluding tert-OH is 1. The molecule has 0 spiro atoms. The minimum atomic E-state index is -1.33. The summed E-state index contributed by atoms with van der Waals surface area (Å²) in [4.78, 5) is 30.0. The minimum absolute atomic E-state index is 0.167. The second-order valence-corrected chi connectivity index (χ2v) is 8.31. The van der Waals surface area contributed by atoms with Crippen LogP contribution in [0.15, 0.2) is 42.5 Å². The summed E-state index contributed by atoms with van der Waals surface area (Å²) in [6, 6.07) is 11.8. The number of nitrogens with one attached hydrogen (secondary N) is 1. The number of hydrogen-bond acceptors (Lipinski definition) is 5. The number of ether oxygens (including phenoxy) is 1. The smallest absolute Gasteiger partial charge is 0.254 e. The molecule has 0 radical (unpaired) electrons. The molecule has 1 fully saturated rings. The van der Waals surface area contributed by atoms with E-state index in [0.717, 1.165) is 0 Å². The number of aliphatic hydroxyl groups is 1. The van der Waals surface area contributed by atoms with Crippen molar-refractivity contribution in [1.82, 2.24) is 9.80 Å². The van der Waals surface area contributed by atoms with Crippen molar-refractivity contribution >= 4 is 29.1 Å².